The number of aryl methyl sites for hydroxylation is 2. The lowest BCUT2D eigenvalue weighted by atomic mass is 10.2. The summed E-state index contributed by atoms with van der Waals surface area (Å²) >= 11 is 23.9. The summed E-state index contributed by atoms with van der Waals surface area (Å²) in [6.45, 7) is 2.76. The molecule has 0 atom stereocenters. The molecule has 4 aromatic heterocycles. The third kappa shape index (κ3) is 10.4. The first kappa shape index (κ1) is 42.2. The molecule has 14 nitrogen and oxygen atoms in total. The van der Waals surface area contributed by atoms with Gasteiger partial charge in [-0.1, -0.05) is 47.5 Å². The Morgan fingerprint density at radius 3 is 1.57 bits per heavy atom. The molecule has 0 amide bonds. The molecule has 53 heavy (non-hydrogen) atoms. The molecule has 0 aliphatic rings. The van der Waals surface area contributed by atoms with E-state index < -0.39 is 11.2 Å². The second kappa shape index (κ2) is 18.7. The van der Waals surface area contributed by atoms with Crippen molar-refractivity contribution in [3.8, 4) is 0 Å². The summed E-state index contributed by atoms with van der Waals surface area (Å²) in [4.78, 5) is 64.1. The number of nitrogens with one attached hydrogen (secondary N) is 1. The zero-order valence-corrected chi connectivity index (χ0v) is 35.3. The molecule has 1 N–H and O–H groups in total. The number of aromatic nitrogens is 8. The molecule has 6 aromatic rings. The van der Waals surface area contributed by atoms with Crippen LogP contribution in [0.1, 0.15) is 11.1 Å². The molecule has 0 saturated carbocycles. The molecule has 0 spiro atoms. The van der Waals surface area contributed by atoms with Gasteiger partial charge in [-0.3, -0.25) is 28.3 Å². The number of benzene rings is 2. The molecule has 4 heterocycles. The van der Waals surface area contributed by atoms with Crippen molar-refractivity contribution in [1.82, 2.24) is 47.6 Å². The fourth-order valence-corrected chi connectivity index (χ4v) is 6.58. The van der Waals surface area contributed by atoms with Gasteiger partial charge in [0.25, 0.3) is 11.1 Å². The van der Waals surface area contributed by atoms with Crippen LogP contribution in [0.3, 0.4) is 0 Å². The van der Waals surface area contributed by atoms with Crippen molar-refractivity contribution in [2.75, 3.05) is 47.2 Å². The predicted molar refractivity (Wildman–Crippen MR) is 219 cm³/mol. The number of nitrogens with zero attached hydrogens (tertiary/aromatic N) is 9. The van der Waals surface area contributed by atoms with Gasteiger partial charge in [-0.15, -0.1) is 11.6 Å². The van der Waals surface area contributed by atoms with Gasteiger partial charge in [0.1, 0.15) is 0 Å². The van der Waals surface area contributed by atoms with E-state index in [0.717, 1.165) is 23.6 Å². The summed E-state index contributed by atoms with van der Waals surface area (Å²) in [7, 11) is 11.0. The lowest BCUT2D eigenvalue weighted by molar-refractivity contribution is 0.375. The highest BCUT2D eigenvalue weighted by Crippen LogP contribution is 2.20. The van der Waals surface area contributed by atoms with Crippen molar-refractivity contribution < 1.29 is 0 Å². The van der Waals surface area contributed by atoms with Gasteiger partial charge in [0.2, 0.25) is 0 Å². The third-order valence-corrected chi connectivity index (χ3v) is 9.84. The molecule has 0 aliphatic carbocycles. The molecule has 6 rings (SSSR count). The number of hydrogen-bond acceptors (Lipinski definition) is 8. The maximum atomic E-state index is 13.0. The van der Waals surface area contributed by atoms with Crippen LogP contribution >= 0.6 is 66.7 Å². The second-order valence-corrected chi connectivity index (χ2v) is 15.1. The minimum Gasteiger partial charge on any atom is -0.308 e. The van der Waals surface area contributed by atoms with E-state index in [1.54, 1.807) is 47.5 Å². The lowest BCUT2D eigenvalue weighted by Gasteiger charge is -2.13. The van der Waals surface area contributed by atoms with E-state index in [1.807, 2.05) is 62.3 Å². The number of likely N-dealkylation sites (N-methyl/N-ethyl adjacent to an activating group) is 1. The van der Waals surface area contributed by atoms with Gasteiger partial charge in [-0.2, -0.15) is 0 Å². The Bertz CT molecular complexity index is 2430. The van der Waals surface area contributed by atoms with E-state index >= 15 is 0 Å². The van der Waals surface area contributed by atoms with E-state index in [2.05, 4.69) is 46.8 Å². The number of aromatic amines is 1. The highest BCUT2D eigenvalue weighted by atomic mass is 79.9. The van der Waals surface area contributed by atoms with Crippen molar-refractivity contribution in [3.63, 3.8) is 0 Å². The van der Waals surface area contributed by atoms with Gasteiger partial charge in [-0.05, 0) is 95.4 Å². The van der Waals surface area contributed by atoms with E-state index in [-0.39, 0.29) is 11.2 Å². The molecule has 284 valence electrons. The van der Waals surface area contributed by atoms with Crippen LogP contribution in [0.15, 0.2) is 77.2 Å². The number of H-pyrrole nitrogens is 1. The average molecular weight is 918 g/mol. The standard InChI is InChI=1S/C17H19BrClN5O2.C13H10BrClN4O2.C4H10ClN/c1-21(2)8-9-23-15(25)13-14(22(3)17(23)26)20-16(18)24(13)10-11-4-6-12(19)7-5-11;1-18-10-9(11(20)17-13(18)21)19(12(14)16-10)6-7-2-4-8(15)5-3-7;1-6(2)4-3-5/h4-7H,8-10H2,1-3H3;2-5H,6H2,1H3,(H,17,20,21);3-4H2,1-2H3. The van der Waals surface area contributed by atoms with Crippen LogP contribution in [-0.4, -0.2) is 94.7 Å². The molecule has 0 radical (unpaired) electrons. The van der Waals surface area contributed by atoms with E-state index in [9.17, 15) is 19.2 Å². The Morgan fingerprint density at radius 1 is 0.679 bits per heavy atom. The van der Waals surface area contributed by atoms with Crippen LogP contribution in [0, 0.1) is 0 Å². The lowest BCUT2D eigenvalue weighted by Crippen LogP contribution is -2.41. The summed E-state index contributed by atoms with van der Waals surface area (Å²) in [5.74, 6) is 0.729. The summed E-state index contributed by atoms with van der Waals surface area (Å²) in [6.07, 6.45) is 0. The first-order valence-electron chi connectivity index (χ1n) is 16.1. The fourth-order valence-electron chi connectivity index (χ4n) is 5.05. The Labute approximate surface area is 336 Å². The van der Waals surface area contributed by atoms with Gasteiger partial charge >= 0.3 is 11.4 Å². The summed E-state index contributed by atoms with van der Waals surface area (Å²) in [5.41, 5.74) is 1.73. The summed E-state index contributed by atoms with van der Waals surface area (Å²) in [5, 5.41) is 1.30. The van der Waals surface area contributed by atoms with Crippen LogP contribution in [0.25, 0.3) is 22.3 Å². The topological polar surface area (TPSA) is 141 Å². The highest BCUT2D eigenvalue weighted by molar-refractivity contribution is 9.10. The summed E-state index contributed by atoms with van der Waals surface area (Å²) < 4.78 is 8.44. The largest absolute Gasteiger partial charge is 0.332 e. The van der Waals surface area contributed by atoms with Crippen LogP contribution in [0.2, 0.25) is 10.0 Å². The Morgan fingerprint density at radius 2 is 1.13 bits per heavy atom. The van der Waals surface area contributed by atoms with Crippen molar-refractivity contribution in [2.24, 2.45) is 14.1 Å². The number of fused-ring (bicyclic) bond motifs is 2. The van der Waals surface area contributed by atoms with Gasteiger partial charge in [0, 0.05) is 49.7 Å². The quantitative estimate of drug-likeness (QED) is 0.164. The monoisotopic (exact) mass is 914 g/mol. The first-order valence-corrected chi connectivity index (χ1v) is 19.0. The van der Waals surface area contributed by atoms with E-state index in [0.29, 0.717) is 68.0 Å². The highest BCUT2D eigenvalue weighted by Gasteiger charge is 2.20. The van der Waals surface area contributed by atoms with Crippen LogP contribution < -0.4 is 22.5 Å². The zero-order chi connectivity index (χ0) is 39.1. The molecule has 0 bridgehead atoms. The number of halogens is 5. The molecular formula is C34H39Br2Cl3N10O4. The zero-order valence-electron chi connectivity index (χ0n) is 29.9. The number of hydrogen-bond donors (Lipinski definition) is 1. The van der Waals surface area contributed by atoms with Crippen LogP contribution in [-0.2, 0) is 33.7 Å². The number of alkyl halides is 1. The molecule has 0 saturated heterocycles. The molecule has 19 heteroatoms. The molecular weight excluding hydrogens is 879 g/mol. The molecule has 0 unspecified atom stereocenters. The maximum absolute atomic E-state index is 13.0. The minimum absolute atomic E-state index is 0.318. The van der Waals surface area contributed by atoms with E-state index in [4.69, 9.17) is 34.8 Å². The fraction of sp³-hybridized carbons (Fsp3) is 0.353. The number of rotatable bonds is 9. The van der Waals surface area contributed by atoms with Crippen molar-refractivity contribution in [1.29, 1.82) is 0 Å². The first-order chi connectivity index (χ1) is 25.0. The van der Waals surface area contributed by atoms with Gasteiger partial charge in [0.15, 0.2) is 31.8 Å². The minimum atomic E-state index is -0.490. The maximum Gasteiger partial charge on any atom is 0.332 e. The Kier molecular flexibility index (Phi) is 14.9. The van der Waals surface area contributed by atoms with Gasteiger partial charge in [0.05, 0.1) is 13.1 Å². The van der Waals surface area contributed by atoms with Crippen molar-refractivity contribution >= 4 is 89.0 Å². The van der Waals surface area contributed by atoms with Crippen molar-refractivity contribution in [2.45, 2.75) is 19.6 Å². The summed E-state index contributed by atoms with van der Waals surface area (Å²) in [6, 6.07) is 14.7. The Balaban J connectivity index is 0.000000209. The van der Waals surface area contributed by atoms with Gasteiger partial charge < -0.3 is 18.9 Å². The van der Waals surface area contributed by atoms with Crippen LogP contribution in [0.4, 0.5) is 0 Å². The molecule has 0 fully saturated rings. The number of imidazole rings is 2. The third-order valence-electron chi connectivity index (χ3n) is 7.96. The van der Waals surface area contributed by atoms with Crippen LogP contribution in [0.5, 0.6) is 0 Å². The van der Waals surface area contributed by atoms with E-state index in [1.165, 1.54) is 13.7 Å². The second-order valence-electron chi connectivity index (χ2n) is 12.4. The van der Waals surface area contributed by atoms with Crippen molar-refractivity contribution in [3.05, 3.63) is 121 Å². The molecule has 2 aromatic carbocycles. The van der Waals surface area contributed by atoms with Gasteiger partial charge in [-0.25, -0.2) is 19.6 Å². The smallest absolute Gasteiger partial charge is 0.308 e. The Hall–Kier alpha value is -3.51. The SMILES string of the molecule is CN(C)CCCl.CN(C)CCn1c(=O)c2c(nc(Br)n2Cc2ccc(Cl)cc2)n(C)c1=O.Cn1c(=O)[nH]c(=O)c2c1nc(Br)n2Cc1ccc(Cl)cc1. The average Bonchev–Trinajstić information content (AvgIpc) is 3.61. The normalized spacial score (nSPS) is 11.3. The predicted octanol–water partition coefficient (Wildman–Crippen LogP) is 4.60. The molecule has 0 aliphatic heterocycles.